The van der Waals surface area contributed by atoms with Crippen molar-refractivity contribution >= 4 is 34.1 Å². The fraction of sp³-hybridized carbons (Fsp3) is 0.375. The van der Waals surface area contributed by atoms with Gasteiger partial charge in [0.15, 0.2) is 0 Å². The number of anilines is 1. The number of rotatable bonds is 3. The number of benzene rings is 2. The van der Waals surface area contributed by atoms with Gasteiger partial charge in [-0.1, -0.05) is 42.8 Å². The molecule has 1 aromatic heterocycles. The number of aryl methyl sites for hydroxylation is 1. The first-order chi connectivity index (χ1) is 15.0. The molecular formula is C24H26ClN5O. The minimum atomic E-state index is -0.0147. The van der Waals surface area contributed by atoms with E-state index in [2.05, 4.69) is 23.8 Å². The Morgan fingerprint density at radius 3 is 2.52 bits per heavy atom. The summed E-state index contributed by atoms with van der Waals surface area (Å²) >= 11 is 6.48. The van der Waals surface area contributed by atoms with Gasteiger partial charge in [-0.15, -0.1) is 0 Å². The molecule has 0 spiro atoms. The van der Waals surface area contributed by atoms with E-state index in [1.807, 2.05) is 41.3 Å². The fourth-order valence-corrected chi connectivity index (χ4v) is 4.80. The van der Waals surface area contributed by atoms with Crippen LogP contribution < -0.4 is 4.90 Å². The van der Waals surface area contributed by atoms with Gasteiger partial charge in [-0.05, 0) is 24.6 Å². The molecule has 2 aromatic carbocycles. The molecule has 0 N–H and O–H groups in total. The Kier molecular flexibility index (Phi) is 5.28. The Bertz CT molecular complexity index is 1150. The van der Waals surface area contributed by atoms with Crippen LogP contribution in [0.5, 0.6) is 0 Å². The van der Waals surface area contributed by atoms with Crippen molar-refractivity contribution in [1.82, 2.24) is 19.8 Å². The second kappa shape index (κ2) is 8.09. The van der Waals surface area contributed by atoms with Crippen molar-refractivity contribution in [2.45, 2.75) is 26.4 Å². The van der Waals surface area contributed by atoms with Gasteiger partial charge in [-0.25, -0.2) is 9.97 Å². The Balaban J connectivity index is 1.49. The Labute approximate surface area is 187 Å². The summed E-state index contributed by atoms with van der Waals surface area (Å²) in [6, 6.07) is 11.5. The van der Waals surface area contributed by atoms with E-state index in [1.165, 1.54) is 0 Å². The Hall–Kier alpha value is -2.70. The maximum atomic E-state index is 13.6. The molecule has 6 nitrogen and oxygen atoms in total. The first kappa shape index (κ1) is 20.2. The lowest BCUT2D eigenvalue weighted by molar-refractivity contribution is 0.0752. The van der Waals surface area contributed by atoms with Crippen LogP contribution in [0.1, 0.15) is 34.4 Å². The molecule has 5 rings (SSSR count). The second-order valence-corrected chi connectivity index (χ2v) is 8.74. The highest BCUT2D eigenvalue weighted by molar-refractivity contribution is 6.36. The zero-order chi connectivity index (χ0) is 21.5. The van der Waals surface area contributed by atoms with E-state index >= 15 is 0 Å². The van der Waals surface area contributed by atoms with Gasteiger partial charge in [0.05, 0.1) is 18.8 Å². The van der Waals surface area contributed by atoms with Crippen LogP contribution in [0, 0.1) is 0 Å². The zero-order valence-corrected chi connectivity index (χ0v) is 18.7. The van der Waals surface area contributed by atoms with Crippen molar-refractivity contribution in [3.05, 3.63) is 64.1 Å². The van der Waals surface area contributed by atoms with Gasteiger partial charge >= 0.3 is 0 Å². The Morgan fingerprint density at radius 1 is 1.03 bits per heavy atom. The average Bonchev–Trinajstić information content (AvgIpc) is 3.22. The lowest BCUT2D eigenvalue weighted by Gasteiger charge is -2.34. The number of carbonyl (C=O) groups is 1. The van der Waals surface area contributed by atoms with Crippen LogP contribution in [-0.2, 0) is 19.5 Å². The summed E-state index contributed by atoms with van der Waals surface area (Å²) in [5.41, 5.74) is 2.70. The van der Waals surface area contributed by atoms with Crippen LogP contribution in [0.3, 0.4) is 0 Å². The molecular weight excluding hydrogens is 410 g/mol. The van der Waals surface area contributed by atoms with Gasteiger partial charge in [0.25, 0.3) is 5.91 Å². The monoisotopic (exact) mass is 435 g/mol. The SMILES string of the molecule is CCc1nc2c(c(N3CCN(C)CC3)n1)CN(C(=O)c1cccc3cccc(Cl)c13)C2. The van der Waals surface area contributed by atoms with Crippen molar-refractivity contribution < 1.29 is 4.79 Å². The number of halogens is 1. The highest BCUT2D eigenvalue weighted by Crippen LogP contribution is 2.33. The van der Waals surface area contributed by atoms with Gasteiger partial charge in [0, 0.05) is 54.1 Å². The first-order valence-corrected chi connectivity index (χ1v) is 11.2. The summed E-state index contributed by atoms with van der Waals surface area (Å²) in [6.07, 6.45) is 0.779. The standard InChI is InChI=1S/C24H26ClN5O/c1-3-21-26-20-15-30(14-18(20)23(27-21)29-12-10-28(2)11-13-29)24(31)17-8-4-6-16-7-5-9-19(25)22(16)17/h4-9H,3,10-15H2,1-2H3. The molecule has 0 aliphatic carbocycles. The minimum absolute atomic E-state index is 0.0147. The van der Waals surface area contributed by atoms with Crippen LogP contribution in [-0.4, -0.2) is 58.9 Å². The van der Waals surface area contributed by atoms with E-state index in [4.69, 9.17) is 21.6 Å². The molecule has 160 valence electrons. The number of hydrogen-bond acceptors (Lipinski definition) is 5. The summed E-state index contributed by atoms with van der Waals surface area (Å²) in [6.45, 7) is 7.01. The van der Waals surface area contributed by atoms with Crippen LogP contribution in [0.2, 0.25) is 5.02 Å². The lowest BCUT2D eigenvalue weighted by atomic mass is 10.0. The number of nitrogens with zero attached hydrogens (tertiary/aromatic N) is 5. The Morgan fingerprint density at radius 2 is 1.77 bits per heavy atom. The van der Waals surface area contributed by atoms with Crippen molar-refractivity contribution in [1.29, 1.82) is 0 Å². The quantitative estimate of drug-likeness (QED) is 0.627. The van der Waals surface area contributed by atoms with Crippen LogP contribution in [0.4, 0.5) is 5.82 Å². The molecule has 3 aromatic rings. The molecule has 1 amide bonds. The maximum Gasteiger partial charge on any atom is 0.255 e. The van der Waals surface area contributed by atoms with Gasteiger partial charge in [-0.3, -0.25) is 4.79 Å². The van der Waals surface area contributed by atoms with Gasteiger partial charge in [0.1, 0.15) is 11.6 Å². The number of piperazine rings is 1. The molecule has 0 bridgehead atoms. The van der Waals surface area contributed by atoms with Gasteiger partial charge in [0.2, 0.25) is 0 Å². The summed E-state index contributed by atoms with van der Waals surface area (Å²) in [5.74, 6) is 1.83. The third kappa shape index (κ3) is 3.64. The maximum absolute atomic E-state index is 13.6. The number of carbonyl (C=O) groups excluding carboxylic acids is 1. The molecule has 31 heavy (non-hydrogen) atoms. The molecule has 1 fully saturated rings. The van der Waals surface area contributed by atoms with E-state index in [9.17, 15) is 4.79 Å². The van der Waals surface area contributed by atoms with Gasteiger partial charge < -0.3 is 14.7 Å². The number of hydrogen-bond donors (Lipinski definition) is 0. The van der Waals surface area contributed by atoms with Crippen molar-refractivity contribution in [2.75, 3.05) is 38.1 Å². The third-order valence-electron chi connectivity index (χ3n) is 6.30. The topological polar surface area (TPSA) is 52.6 Å². The van der Waals surface area contributed by atoms with E-state index in [0.717, 1.165) is 66.3 Å². The molecule has 7 heteroatoms. The molecule has 1 saturated heterocycles. The zero-order valence-electron chi connectivity index (χ0n) is 17.9. The molecule has 2 aliphatic rings. The molecule has 0 saturated carbocycles. The van der Waals surface area contributed by atoms with Crippen LogP contribution in [0.25, 0.3) is 10.8 Å². The lowest BCUT2D eigenvalue weighted by Crippen LogP contribution is -2.45. The largest absolute Gasteiger partial charge is 0.354 e. The number of aromatic nitrogens is 2. The molecule has 0 atom stereocenters. The normalized spacial score (nSPS) is 16.7. The van der Waals surface area contributed by atoms with E-state index in [-0.39, 0.29) is 5.91 Å². The van der Waals surface area contributed by atoms with Gasteiger partial charge in [-0.2, -0.15) is 0 Å². The summed E-state index contributed by atoms with van der Waals surface area (Å²) in [7, 11) is 2.15. The fourth-order valence-electron chi connectivity index (χ4n) is 4.51. The van der Waals surface area contributed by atoms with E-state index in [1.54, 1.807) is 0 Å². The average molecular weight is 436 g/mol. The number of amides is 1. The highest BCUT2D eigenvalue weighted by Gasteiger charge is 2.32. The predicted molar refractivity (Wildman–Crippen MR) is 124 cm³/mol. The van der Waals surface area contributed by atoms with Crippen molar-refractivity contribution in [3.8, 4) is 0 Å². The summed E-state index contributed by atoms with van der Waals surface area (Å²) in [4.78, 5) is 29.8. The molecule has 0 unspecified atom stereocenters. The summed E-state index contributed by atoms with van der Waals surface area (Å²) < 4.78 is 0. The van der Waals surface area contributed by atoms with E-state index < -0.39 is 0 Å². The van der Waals surface area contributed by atoms with Crippen LogP contribution >= 0.6 is 11.6 Å². The number of likely N-dealkylation sites (N-methyl/N-ethyl adjacent to an activating group) is 1. The van der Waals surface area contributed by atoms with Crippen molar-refractivity contribution in [3.63, 3.8) is 0 Å². The molecule has 0 radical (unpaired) electrons. The predicted octanol–water partition coefficient (Wildman–Crippen LogP) is 3.75. The van der Waals surface area contributed by atoms with Crippen molar-refractivity contribution in [2.24, 2.45) is 0 Å². The smallest absolute Gasteiger partial charge is 0.255 e. The second-order valence-electron chi connectivity index (χ2n) is 8.34. The summed E-state index contributed by atoms with van der Waals surface area (Å²) in [5, 5.41) is 2.39. The molecule has 3 heterocycles. The first-order valence-electron chi connectivity index (χ1n) is 10.8. The highest BCUT2D eigenvalue weighted by atomic mass is 35.5. The third-order valence-corrected chi connectivity index (χ3v) is 6.61. The number of fused-ring (bicyclic) bond motifs is 2. The van der Waals surface area contributed by atoms with E-state index in [0.29, 0.717) is 23.7 Å². The molecule has 2 aliphatic heterocycles. The van der Waals surface area contributed by atoms with Crippen LogP contribution in [0.15, 0.2) is 36.4 Å². The minimum Gasteiger partial charge on any atom is -0.354 e.